The molecular weight excluding hydrogens is 194 g/mol. The molecular formula is C9H13N5O. The number of hydrogen-bond acceptors (Lipinski definition) is 5. The molecule has 0 atom stereocenters. The Labute approximate surface area is 87.5 Å². The maximum Gasteiger partial charge on any atom is 0.274 e. The first kappa shape index (κ1) is 9.85. The molecule has 1 saturated heterocycles. The Balaban J connectivity index is 2.09. The summed E-state index contributed by atoms with van der Waals surface area (Å²) < 4.78 is 0. The lowest BCUT2D eigenvalue weighted by Crippen LogP contribution is -2.46. The molecule has 15 heavy (non-hydrogen) atoms. The summed E-state index contributed by atoms with van der Waals surface area (Å²) in [5.74, 6) is 0.246. The molecule has 6 heteroatoms. The number of aromatic nitrogens is 2. The molecule has 3 N–H and O–H groups in total. The van der Waals surface area contributed by atoms with E-state index in [9.17, 15) is 4.79 Å². The average molecular weight is 207 g/mol. The van der Waals surface area contributed by atoms with E-state index in [0.717, 1.165) is 13.1 Å². The third-order valence-corrected chi connectivity index (χ3v) is 2.30. The fraction of sp³-hybridized carbons (Fsp3) is 0.444. The molecule has 2 rings (SSSR count). The molecule has 1 amide bonds. The summed E-state index contributed by atoms with van der Waals surface area (Å²) in [6.07, 6.45) is 2.81. The van der Waals surface area contributed by atoms with Crippen molar-refractivity contribution in [3.05, 3.63) is 18.1 Å². The van der Waals surface area contributed by atoms with Crippen LogP contribution in [-0.2, 0) is 0 Å². The second kappa shape index (κ2) is 4.22. The number of carbonyl (C=O) groups excluding carboxylic acids is 1. The van der Waals surface area contributed by atoms with Crippen LogP contribution in [0.1, 0.15) is 10.5 Å². The van der Waals surface area contributed by atoms with Gasteiger partial charge in [0, 0.05) is 26.2 Å². The number of hydrogen-bond donors (Lipinski definition) is 2. The lowest BCUT2D eigenvalue weighted by molar-refractivity contribution is 0.0729. The van der Waals surface area contributed by atoms with E-state index in [-0.39, 0.29) is 5.91 Å². The third kappa shape index (κ3) is 2.21. The molecule has 0 saturated carbocycles. The molecule has 1 aromatic rings. The van der Waals surface area contributed by atoms with Crippen molar-refractivity contribution in [1.82, 2.24) is 20.2 Å². The van der Waals surface area contributed by atoms with Crippen molar-refractivity contribution in [2.75, 3.05) is 31.9 Å². The van der Waals surface area contributed by atoms with E-state index in [4.69, 9.17) is 5.73 Å². The number of piperazine rings is 1. The van der Waals surface area contributed by atoms with Crippen LogP contribution < -0.4 is 11.1 Å². The highest BCUT2D eigenvalue weighted by molar-refractivity contribution is 5.92. The molecule has 0 aromatic carbocycles. The third-order valence-electron chi connectivity index (χ3n) is 2.30. The van der Waals surface area contributed by atoms with Crippen LogP contribution >= 0.6 is 0 Å². The zero-order chi connectivity index (χ0) is 10.7. The van der Waals surface area contributed by atoms with Gasteiger partial charge in [-0.3, -0.25) is 4.79 Å². The van der Waals surface area contributed by atoms with Gasteiger partial charge in [0.2, 0.25) is 0 Å². The maximum absolute atomic E-state index is 11.9. The fourth-order valence-corrected chi connectivity index (χ4v) is 1.48. The van der Waals surface area contributed by atoms with Crippen molar-refractivity contribution in [3.63, 3.8) is 0 Å². The molecule has 0 bridgehead atoms. The normalized spacial score (nSPS) is 16.4. The van der Waals surface area contributed by atoms with Gasteiger partial charge in [-0.1, -0.05) is 0 Å². The summed E-state index contributed by atoms with van der Waals surface area (Å²) in [5, 5.41) is 3.18. The highest BCUT2D eigenvalue weighted by Gasteiger charge is 2.18. The van der Waals surface area contributed by atoms with Gasteiger partial charge >= 0.3 is 0 Å². The zero-order valence-corrected chi connectivity index (χ0v) is 8.31. The average Bonchev–Trinajstić information content (AvgIpc) is 2.30. The highest BCUT2D eigenvalue weighted by Crippen LogP contribution is 2.03. The first-order valence-electron chi connectivity index (χ1n) is 4.85. The summed E-state index contributed by atoms with van der Waals surface area (Å²) >= 11 is 0. The Morgan fingerprint density at radius 2 is 2.07 bits per heavy atom. The van der Waals surface area contributed by atoms with E-state index in [1.807, 2.05) is 0 Å². The second-order valence-electron chi connectivity index (χ2n) is 3.37. The van der Waals surface area contributed by atoms with E-state index in [1.165, 1.54) is 12.4 Å². The summed E-state index contributed by atoms with van der Waals surface area (Å²) in [7, 11) is 0. The van der Waals surface area contributed by atoms with Gasteiger partial charge in [-0.2, -0.15) is 0 Å². The van der Waals surface area contributed by atoms with Crippen molar-refractivity contribution in [1.29, 1.82) is 0 Å². The first-order chi connectivity index (χ1) is 7.27. The van der Waals surface area contributed by atoms with Crippen LogP contribution in [-0.4, -0.2) is 47.0 Å². The standard InChI is InChI=1S/C9H13N5O/c10-8-6-12-7(5-13-8)9(15)14-3-1-11-2-4-14/h5-6,11H,1-4H2,(H2,10,13). The molecule has 1 aliphatic rings. The Bertz CT molecular complexity index is 344. The SMILES string of the molecule is Nc1cnc(C(=O)N2CCNCC2)cn1. The van der Waals surface area contributed by atoms with Gasteiger partial charge in [-0.15, -0.1) is 0 Å². The van der Waals surface area contributed by atoms with E-state index in [2.05, 4.69) is 15.3 Å². The Hall–Kier alpha value is -1.69. The van der Waals surface area contributed by atoms with Crippen LogP contribution in [0, 0.1) is 0 Å². The van der Waals surface area contributed by atoms with Crippen molar-refractivity contribution in [3.8, 4) is 0 Å². The number of anilines is 1. The van der Waals surface area contributed by atoms with Crippen molar-refractivity contribution in [2.45, 2.75) is 0 Å². The van der Waals surface area contributed by atoms with Crippen molar-refractivity contribution < 1.29 is 4.79 Å². The molecule has 1 fully saturated rings. The second-order valence-corrected chi connectivity index (χ2v) is 3.37. The van der Waals surface area contributed by atoms with Gasteiger partial charge in [0.05, 0.1) is 12.4 Å². The summed E-state index contributed by atoms with van der Waals surface area (Å²) in [6.45, 7) is 3.08. The Morgan fingerprint density at radius 1 is 1.33 bits per heavy atom. The maximum atomic E-state index is 11.9. The number of amides is 1. The minimum absolute atomic E-state index is 0.0796. The van der Waals surface area contributed by atoms with Crippen LogP contribution in [0.4, 0.5) is 5.82 Å². The summed E-state index contributed by atoms with van der Waals surface area (Å²) in [5.41, 5.74) is 5.75. The van der Waals surface area contributed by atoms with Gasteiger partial charge in [-0.25, -0.2) is 9.97 Å². The molecule has 1 aromatic heterocycles. The molecule has 0 radical (unpaired) electrons. The van der Waals surface area contributed by atoms with Crippen LogP contribution in [0.5, 0.6) is 0 Å². The largest absolute Gasteiger partial charge is 0.382 e. The smallest absolute Gasteiger partial charge is 0.274 e. The van der Waals surface area contributed by atoms with E-state index < -0.39 is 0 Å². The molecule has 1 aliphatic heterocycles. The highest BCUT2D eigenvalue weighted by atomic mass is 16.2. The summed E-state index contributed by atoms with van der Waals surface area (Å²) in [4.78, 5) is 21.4. The number of nitrogens with zero attached hydrogens (tertiary/aromatic N) is 3. The quantitative estimate of drug-likeness (QED) is 0.623. The van der Waals surface area contributed by atoms with E-state index in [0.29, 0.717) is 24.6 Å². The minimum Gasteiger partial charge on any atom is -0.382 e. The summed E-state index contributed by atoms with van der Waals surface area (Å²) in [6, 6.07) is 0. The van der Waals surface area contributed by atoms with Gasteiger partial charge in [0.1, 0.15) is 11.5 Å². The van der Waals surface area contributed by atoms with Crippen LogP contribution in [0.3, 0.4) is 0 Å². The van der Waals surface area contributed by atoms with E-state index >= 15 is 0 Å². The number of nitrogens with one attached hydrogen (secondary N) is 1. The fourth-order valence-electron chi connectivity index (χ4n) is 1.48. The minimum atomic E-state index is -0.0796. The topological polar surface area (TPSA) is 84.1 Å². The van der Waals surface area contributed by atoms with Gasteiger partial charge < -0.3 is 16.0 Å². The predicted octanol–water partition coefficient (Wildman–Crippen LogP) is -0.896. The number of nitrogens with two attached hydrogens (primary N) is 1. The molecule has 6 nitrogen and oxygen atoms in total. The molecule has 0 aliphatic carbocycles. The Kier molecular flexibility index (Phi) is 2.77. The number of nitrogen functional groups attached to an aromatic ring is 1. The van der Waals surface area contributed by atoms with Gasteiger partial charge in [0.25, 0.3) is 5.91 Å². The number of rotatable bonds is 1. The van der Waals surface area contributed by atoms with Crippen LogP contribution in [0.25, 0.3) is 0 Å². The zero-order valence-electron chi connectivity index (χ0n) is 8.31. The lowest BCUT2D eigenvalue weighted by atomic mass is 10.3. The van der Waals surface area contributed by atoms with Gasteiger partial charge in [0.15, 0.2) is 0 Å². The molecule has 0 unspecified atom stereocenters. The number of carbonyl (C=O) groups is 1. The molecule has 2 heterocycles. The van der Waals surface area contributed by atoms with Gasteiger partial charge in [-0.05, 0) is 0 Å². The molecule has 0 spiro atoms. The lowest BCUT2D eigenvalue weighted by Gasteiger charge is -2.26. The first-order valence-corrected chi connectivity index (χ1v) is 4.85. The van der Waals surface area contributed by atoms with Crippen LogP contribution in [0.15, 0.2) is 12.4 Å². The van der Waals surface area contributed by atoms with E-state index in [1.54, 1.807) is 4.90 Å². The van der Waals surface area contributed by atoms with Crippen molar-refractivity contribution in [2.24, 2.45) is 0 Å². The molecule has 80 valence electrons. The van der Waals surface area contributed by atoms with Crippen molar-refractivity contribution >= 4 is 11.7 Å². The Morgan fingerprint density at radius 3 is 2.67 bits per heavy atom. The van der Waals surface area contributed by atoms with Crippen LogP contribution in [0.2, 0.25) is 0 Å². The predicted molar refractivity (Wildman–Crippen MR) is 55.2 cm³/mol. The monoisotopic (exact) mass is 207 g/mol.